The number of rotatable bonds is 14. The number of hydrogen-bond acceptors (Lipinski definition) is 8. The highest BCUT2D eigenvalue weighted by Crippen LogP contribution is 2.36. The molecule has 3 amide bonds. The van der Waals surface area contributed by atoms with Gasteiger partial charge >= 0.3 is 12.1 Å². The number of amides is 3. The largest absolute Gasteiger partial charge is 0.488 e. The Hall–Kier alpha value is -6.23. The first kappa shape index (κ1) is 40.4. The van der Waals surface area contributed by atoms with Crippen molar-refractivity contribution in [3.63, 3.8) is 0 Å². The molecule has 0 unspecified atom stereocenters. The molecule has 0 radical (unpaired) electrons. The van der Waals surface area contributed by atoms with E-state index < -0.39 is 29.6 Å². The lowest BCUT2D eigenvalue weighted by atomic mass is 9.95. The van der Waals surface area contributed by atoms with Crippen LogP contribution in [0.2, 0.25) is 0 Å². The highest BCUT2D eigenvalue weighted by molar-refractivity contribution is 6.00. The number of nitrogens with zero attached hydrogens (tertiary/aromatic N) is 2. The van der Waals surface area contributed by atoms with Crippen LogP contribution in [-0.4, -0.2) is 54.7 Å². The first-order chi connectivity index (χ1) is 27.5. The summed E-state index contributed by atoms with van der Waals surface area (Å²) in [7, 11) is 1.31. The Kier molecular flexibility index (Phi) is 13.2. The van der Waals surface area contributed by atoms with Gasteiger partial charge < -0.3 is 24.8 Å². The van der Waals surface area contributed by atoms with E-state index in [1.807, 2.05) is 118 Å². The van der Waals surface area contributed by atoms with Crippen molar-refractivity contribution in [1.82, 2.24) is 15.6 Å². The number of anilines is 1. The van der Waals surface area contributed by atoms with Crippen LogP contribution in [0.3, 0.4) is 0 Å². The highest BCUT2D eigenvalue weighted by Gasteiger charge is 2.29. The van der Waals surface area contributed by atoms with Gasteiger partial charge in [0.15, 0.2) is 0 Å². The van der Waals surface area contributed by atoms with Gasteiger partial charge in [-0.2, -0.15) is 0 Å². The maximum atomic E-state index is 13.1. The monoisotopic (exact) mass is 770 g/mol. The molecule has 11 nitrogen and oxygen atoms in total. The SMILES string of the molecule is COC(=O)C[C@H](NC(=O)CNC(=O)CCCc1ccc2c(n1)N(C(=O)OC(C)(C)C)CCC2)c1ccc(-c2ccc(OCc3ccccc3)c3ccccc23)cc1. The van der Waals surface area contributed by atoms with Gasteiger partial charge in [0.05, 0.1) is 26.1 Å². The number of fused-ring (bicyclic) bond motifs is 2. The van der Waals surface area contributed by atoms with E-state index >= 15 is 0 Å². The number of carbonyl (C=O) groups excluding carboxylic acids is 4. The van der Waals surface area contributed by atoms with Crippen LogP contribution in [0.4, 0.5) is 10.6 Å². The van der Waals surface area contributed by atoms with E-state index in [2.05, 4.69) is 16.7 Å². The summed E-state index contributed by atoms with van der Waals surface area (Å²) in [5.74, 6) is 0.212. The Morgan fingerprint density at radius 1 is 0.842 bits per heavy atom. The fraction of sp³-hybridized carbons (Fsp3) is 0.326. The van der Waals surface area contributed by atoms with Gasteiger partial charge in [0.1, 0.15) is 23.8 Å². The number of esters is 1. The zero-order valence-electron chi connectivity index (χ0n) is 33.0. The third-order valence-corrected chi connectivity index (χ3v) is 9.67. The van der Waals surface area contributed by atoms with Crippen LogP contribution in [-0.2, 0) is 43.3 Å². The second kappa shape index (κ2) is 18.6. The average Bonchev–Trinajstić information content (AvgIpc) is 3.21. The van der Waals surface area contributed by atoms with E-state index in [0.29, 0.717) is 31.8 Å². The summed E-state index contributed by atoms with van der Waals surface area (Å²) in [6, 6.07) is 33.1. The lowest BCUT2D eigenvalue weighted by Crippen LogP contribution is -2.40. The molecule has 1 aliphatic heterocycles. The number of aryl methyl sites for hydroxylation is 2. The predicted octanol–water partition coefficient (Wildman–Crippen LogP) is 8.03. The summed E-state index contributed by atoms with van der Waals surface area (Å²) in [4.78, 5) is 57.4. The maximum Gasteiger partial charge on any atom is 0.416 e. The molecule has 57 heavy (non-hydrogen) atoms. The van der Waals surface area contributed by atoms with Gasteiger partial charge in [0.2, 0.25) is 11.8 Å². The Morgan fingerprint density at radius 2 is 1.58 bits per heavy atom. The van der Waals surface area contributed by atoms with E-state index in [4.69, 9.17) is 19.2 Å². The second-order valence-corrected chi connectivity index (χ2v) is 15.1. The lowest BCUT2D eigenvalue weighted by molar-refractivity contribution is -0.141. The summed E-state index contributed by atoms with van der Waals surface area (Å²) in [6.45, 7) is 6.25. The van der Waals surface area contributed by atoms with E-state index in [9.17, 15) is 19.2 Å². The normalized spacial score (nSPS) is 12.9. The topological polar surface area (TPSA) is 136 Å². The summed E-state index contributed by atoms with van der Waals surface area (Å²) in [6.07, 6.45) is 2.37. The van der Waals surface area contributed by atoms with Crippen molar-refractivity contribution in [2.75, 3.05) is 25.1 Å². The van der Waals surface area contributed by atoms with Crippen LogP contribution < -0.4 is 20.3 Å². The Bertz CT molecular complexity index is 2200. The number of ether oxygens (including phenoxy) is 3. The first-order valence-corrected chi connectivity index (χ1v) is 19.4. The molecular weight excluding hydrogens is 721 g/mol. The average molecular weight is 771 g/mol. The van der Waals surface area contributed by atoms with Crippen LogP contribution >= 0.6 is 0 Å². The number of hydrogen-bond donors (Lipinski definition) is 2. The molecule has 5 aromatic rings. The van der Waals surface area contributed by atoms with Crippen LogP contribution in [0.15, 0.2) is 103 Å². The van der Waals surface area contributed by atoms with Gasteiger partial charge in [-0.1, -0.05) is 91.0 Å². The third kappa shape index (κ3) is 11.0. The molecule has 11 heteroatoms. The molecule has 0 saturated carbocycles. The molecule has 0 saturated heterocycles. The minimum absolute atomic E-state index is 0.0783. The molecule has 2 heterocycles. The molecule has 1 atom stereocenters. The van der Waals surface area contributed by atoms with Crippen molar-refractivity contribution in [1.29, 1.82) is 0 Å². The van der Waals surface area contributed by atoms with Crippen LogP contribution in [0.1, 0.15) is 74.9 Å². The number of nitrogens with one attached hydrogen (secondary N) is 2. The van der Waals surface area contributed by atoms with Crippen molar-refractivity contribution in [2.24, 2.45) is 0 Å². The van der Waals surface area contributed by atoms with Gasteiger partial charge in [-0.25, -0.2) is 9.78 Å². The molecule has 4 aromatic carbocycles. The van der Waals surface area contributed by atoms with Crippen LogP contribution in [0, 0.1) is 0 Å². The number of benzene rings is 4. The van der Waals surface area contributed by atoms with Gasteiger partial charge in [0.25, 0.3) is 0 Å². The minimum atomic E-state index is -0.670. The number of aromatic nitrogens is 1. The number of pyridine rings is 1. The lowest BCUT2D eigenvalue weighted by Gasteiger charge is -2.31. The fourth-order valence-electron chi connectivity index (χ4n) is 6.84. The smallest absolute Gasteiger partial charge is 0.416 e. The molecule has 0 fully saturated rings. The molecule has 0 aliphatic carbocycles. The first-order valence-electron chi connectivity index (χ1n) is 19.4. The Labute approximate surface area is 333 Å². The van der Waals surface area contributed by atoms with E-state index in [1.165, 1.54) is 7.11 Å². The van der Waals surface area contributed by atoms with Crippen molar-refractivity contribution in [3.8, 4) is 16.9 Å². The highest BCUT2D eigenvalue weighted by atomic mass is 16.6. The summed E-state index contributed by atoms with van der Waals surface area (Å²) in [5, 5.41) is 7.61. The van der Waals surface area contributed by atoms with Crippen LogP contribution in [0.5, 0.6) is 5.75 Å². The van der Waals surface area contributed by atoms with Crippen molar-refractivity contribution < 1.29 is 33.4 Å². The van der Waals surface area contributed by atoms with Crippen molar-refractivity contribution in [2.45, 2.75) is 77.5 Å². The summed E-state index contributed by atoms with van der Waals surface area (Å²) < 4.78 is 16.7. The second-order valence-electron chi connectivity index (χ2n) is 15.1. The zero-order valence-corrected chi connectivity index (χ0v) is 33.0. The summed E-state index contributed by atoms with van der Waals surface area (Å²) in [5.41, 5.74) is 4.93. The third-order valence-electron chi connectivity index (χ3n) is 9.67. The van der Waals surface area contributed by atoms with Gasteiger partial charge in [-0.05, 0) is 91.8 Å². The quantitative estimate of drug-likeness (QED) is 0.108. The molecule has 1 aliphatic rings. The van der Waals surface area contributed by atoms with E-state index in [0.717, 1.165) is 62.9 Å². The Morgan fingerprint density at radius 3 is 2.32 bits per heavy atom. The zero-order chi connectivity index (χ0) is 40.4. The molecule has 1 aromatic heterocycles. The standard InChI is InChI=1S/C46H50N4O7/c1-46(2,3)57-45(54)50-27-11-14-34-23-24-35(48-44(34)50)15-10-18-41(51)47-29-42(52)49-39(28-43(53)55-4)33-21-19-32(20-22-33)36-25-26-40(38-17-9-8-16-37(36)38)56-30-31-12-6-5-7-13-31/h5-9,12-13,16-17,19-26,39H,10-11,14-15,18,27-30H2,1-4H3,(H,47,51)(H,49,52)/t39-/m0/s1. The summed E-state index contributed by atoms with van der Waals surface area (Å²) >= 11 is 0. The fourth-order valence-corrected chi connectivity index (χ4v) is 6.84. The number of methoxy groups -OCH3 is 1. The molecule has 2 N–H and O–H groups in total. The molecule has 6 rings (SSSR count). The molecular formula is C46H50N4O7. The maximum absolute atomic E-state index is 13.1. The minimum Gasteiger partial charge on any atom is -0.488 e. The van der Waals surface area contributed by atoms with Gasteiger partial charge in [-0.15, -0.1) is 0 Å². The van der Waals surface area contributed by atoms with E-state index in [-0.39, 0.29) is 25.3 Å². The van der Waals surface area contributed by atoms with Gasteiger partial charge in [-0.3, -0.25) is 19.3 Å². The predicted molar refractivity (Wildman–Crippen MR) is 220 cm³/mol. The molecule has 296 valence electrons. The van der Waals surface area contributed by atoms with Crippen molar-refractivity contribution >= 4 is 40.5 Å². The Balaban J connectivity index is 1.04. The molecule has 0 bridgehead atoms. The van der Waals surface area contributed by atoms with Gasteiger partial charge in [0, 0.05) is 24.0 Å². The van der Waals surface area contributed by atoms with Crippen molar-refractivity contribution in [3.05, 3.63) is 126 Å². The number of carbonyl (C=O) groups is 4. The molecule has 0 spiro atoms. The van der Waals surface area contributed by atoms with Crippen LogP contribution in [0.25, 0.3) is 21.9 Å². The van der Waals surface area contributed by atoms with E-state index in [1.54, 1.807) is 4.90 Å².